The number of rotatable bonds is 1. The molecule has 0 aromatic heterocycles. The van der Waals surface area contributed by atoms with Crippen molar-refractivity contribution in [3.63, 3.8) is 0 Å². The Labute approximate surface area is 56.3 Å². The number of hydrogen-bond acceptors (Lipinski definition) is 0. The molecule has 0 nitrogen and oxygen atoms in total. The van der Waals surface area contributed by atoms with Crippen molar-refractivity contribution in [1.82, 2.24) is 0 Å². The van der Waals surface area contributed by atoms with Crippen LogP contribution < -0.4 is 0 Å². The van der Waals surface area contributed by atoms with E-state index in [1.54, 1.807) is 0 Å². The minimum atomic E-state index is 0.924. The van der Waals surface area contributed by atoms with Crippen LogP contribution in [0.1, 0.15) is 19.8 Å². The van der Waals surface area contributed by atoms with Crippen LogP contribution in [-0.2, 0) is 0 Å². The second-order valence-electron chi connectivity index (χ2n) is 2.02. The van der Waals surface area contributed by atoms with E-state index in [-0.39, 0.29) is 0 Å². The van der Waals surface area contributed by atoms with Gasteiger partial charge in [0.2, 0.25) is 0 Å². The summed E-state index contributed by atoms with van der Waals surface area (Å²) in [4.78, 5) is 0. The molecule has 0 amide bonds. The smallest absolute Gasteiger partial charge is 0.0337 e. The SMILES string of the molecule is CC#CCC1=CCC=C1. The summed E-state index contributed by atoms with van der Waals surface area (Å²) in [7, 11) is 0. The molecule has 0 bridgehead atoms. The van der Waals surface area contributed by atoms with Crippen molar-refractivity contribution in [1.29, 1.82) is 0 Å². The van der Waals surface area contributed by atoms with Crippen LogP contribution >= 0.6 is 0 Å². The Morgan fingerprint density at radius 2 is 2.56 bits per heavy atom. The summed E-state index contributed by atoms with van der Waals surface area (Å²) in [6.45, 7) is 1.87. The van der Waals surface area contributed by atoms with Crippen molar-refractivity contribution >= 4 is 0 Å². The summed E-state index contributed by atoms with van der Waals surface area (Å²) in [5, 5.41) is 0. The van der Waals surface area contributed by atoms with Gasteiger partial charge >= 0.3 is 0 Å². The Morgan fingerprint density at radius 3 is 3.11 bits per heavy atom. The highest BCUT2D eigenvalue weighted by molar-refractivity contribution is 5.29. The zero-order valence-corrected chi connectivity index (χ0v) is 5.65. The van der Waals surface area contributed by atoms with E-state index in [2.05, 4.69) is 30.1 Å². The maximum absolute atomic E-state index is 3.02. The summed E-state index contributed by atoms with van der Waals surface area (Å²) in [6, 6.07) is 0. The first-order valence-electron chi connectivity index (χ1n) is 3.18. The molecule has 0 spiro atoms. The molecule has 1 aliphatic rings. The summed E-state index contributed by atoms with van der Waals surface area (Å²) >= 11 is 0. The lowest BCUT2D eigenvalue weighted by Crippen LogP contribution is -1.68. The van der Waals surface area contributed by atoms with Crippen LogP contribution in [-0.4, -0.2) is 0 Å². The van der Waals surface area contributed by atoms with Crippen LogP contribution in [0.5, 0.6) is 0 Å². The normalized spacial score (nSPS) is 14.6. The average Bonchev–Trinajstić information content (AvgIpc) is 2.34. The van der Waals surface area contributed by atoms with Gasteiger partial charge in [0.25, 0.3) is 0 Å². The Bertz CT molecular complexity index is 196. The van der Waals surface area contributed by atoms with Gasteiger partial charge in [-0.1, -0.05) is 24.1 Å². The fourth-order valence-corrected chi connectivity index (χ4v) is 0.828. The molecule has 0 fully saturated rings. The second kappa shape index (κ2) is 3.14. The fourth-order valence-electron chi connectivity index (χ4n) is 0.828. The van der Waals surface area contributed by atoms with E-state index in [0.29, 0.717) is 0 Å². The van der Waals surface area contributed by atoms with Crippen molar-refractivity contribution in [2.45, 2.75) is 19.8 Å². The summed E-state index contributed by atoms with van der Waals surface area (Å²) < 4.78 is 0. The van der Waals surface area contributed by atoms with Crippen LogP contribution in [0.3, 0.4) is 0 Å². The summed E-state index contributed by atoms with van der Waals surface area (Å²) in [6.07, 6.45) is 8.54. The molecule has 0 saturated heterocycles. The Balaban J connectivity index is 2.42. The van der Waals surface area contributed by atoms with Gasteiger partial charge in [0.1, 0.15) is 0 Å². The lowest BCUT2D eigenvalue weighted by Gasteiger charge is -1.85. The molecule has 1 aliphatic carbocycles. The van der Waals surface area contributed by atoms with E-state index in [1.807, 2.05) is 6.92 Å². The van der Waals surface area contributed by atoms with Crippen LogP contribution in [0.15, 0.2) is 23.8 Å². The molecule has 0 heteroatoms. The zero-order chi connectivity index (χ0) is 6.53. The Hall–Kier alpha value is -0.960. The maximum Gasteiger partial charge on any atom is 0.0337 e. The molecular formula is C9H10. The first kappa shape index (κ1) is 6.16. The van der Waals surface area contributed by atoms with Gasteiger partial charge in [-0.25, -0.2) is 0 Å². The molecule has 0 aromatic rings. The fraction of sp³-hybridized carbons (Fsp3) is 0.333. The molecular weight excluding hydrogens is 108 g/mol. The second-order valence-corrected chi connectivity index (χ2v) is 2.02. The quantitative estimate of drug-likeness (QED) is 0.463. The molecule has 0 N–H and O–H groups in total. The van der Waals surface area contributed by atoms with E-state index in [0.717, 1.165) is 12.8 Å². The minimum absolute atomic E-state index is 0.924. The average molecular weight is 118 g/mol. The van der Waals surface area contributed by atoms with Crippen molar-refractivity contribution in [2.75, 3.05) is 0 Å². The van der Waals surface area contributed by atoms with Gasteiger partial charge in [-0.05, 0) is 18.9 Å². The minimum Gasteiger partial charge on any atom is -0.106 e. The molecule has 0 unspecified atom stereocenters. The van der Waals surface area contributed by atoms with Crippen LogP contribution in [0.4, 0.5) is 0 Å². The van der Waals surface area contributed by atoms with Crippen molar-refractivity contribution in [3.8, 4) is 11.8 Å². The van der Waals surface area contributed by atoms with Crippen molar-refractivity contribution < 1.29 is 0 Å². The van der Waals surface area contributed by atoms with Crippen LogP contribution in [0.2, 0.25) is 0 Å². The van der Waals surface area contributed by atoms with Crippen LogP contribution in [0.25, 0.3) is 0 Å². The first-order chi connectivity index (χ1) is 4.43. The molecule has 0 aliphatic heterocycles. The van der Waals surface area contributed by atoms with Gasteiger partial charge in [0.05, 0.1) is 0 Å². The lowest BCUT2D eigenvalue weighted by atomic mass is 10.2. The largest absolute Gasteiger partial charge is 0.106 e. The Morgan fingerprint density at radius 1 is 1.67 bits per heavy atom. The van der Waals surface area contributed by atoms with E-state index >= 15 is 0 Å². The van der Waals surface area contributed by atoms with E-state index in [9.17, 15) is 0 Å². The van der Waals surface area contributed by atoms with Gasteiger partial charge < -0.3 is 0 Å². The highest BCUT2D eigenvalue weighted by atomic mass is 14.0. The maximum atomic E-state index is 3.02. The predicted molar refractivity (Wildman–Crippen MR) is 39.9 cm³/mol. The van der Waals surface area contributed by atoms with E-state index in [1.165, 1.54) is 5.57 Å². The summed E-state index contributed by atoms with van der Waals surface area (Å²) in [5.41, 5.74) is 1.37. The third-order valence-corrected chi connectivity index (χ3v) is 1.32. The number of hydrogen-bond donors (Lipinski definition) is 0. The molecule has 0 heterocycles. The standard InChI is InChI=1S/C9H10/c1-2-3-6-9-7-4-5-8-9/h4,7-8H,5-6H2,1H3. The lowest BCUT2D eigenvalue weighted by molar-refractivity contribution is 1.33. The molecule has 46 valence electrons. The van der Waals surface area contributed by atoms with Crippen LogP contribution in [0, 0.1) is 11.8 Å². The third-order valence-electron chi connectivity index (χ3n) is 1.32. The van der Waals surface area contributed by atoms with Crippen molar-refractivity contribution in [2.24, 2.45) is 0 Å². The number of allylic oxidation sites excluding steroid dienone is 4. The molecule has 1 rings (SSSR count). The first-order valence-corrected chi connectivity index (χ1v) is 3.18. The van der Waals surface area contributed by atoms with Crippen molar-refractivity contribution in [3.05, 3.63) is 23.8 Å². The topological polar surface area (TPSA) is 0 Å². The summed E-state index contributed by atoms with van der Waals surface area (Å²) in [5.74, 6) is 5.89. The highest BCUT2D eigenvalue weighted by Crippen LogP contribution is 2.10. The van der Waals surface area contributed by atoms with Gasteiger partial charge in [-0.3, -0.25) is 0 Å². The van der Waals surface area contributed by atoms with Gasteiger partial charge in [-0.2, -0.15) is 0 Å². The predicted octanol–water partition coefficient (Wildman–Crippen LogP) is 2.29. The Kier molecular flexibility index (Phi) is 2.15. The van der Waals surface area contributed by atoms with Gasteiger partial charge in [-0.15, -0.1) is 5.92 Å². The van der Waals surface area contributed by atoms with E-state index < -0.39 is 0 Å². The molecule has 0 radical (unpaired) electrons. The molecule has 9 heavy (non-hydrogen) atoms. The van der Waals surface area contributed by atoms with E-state index in [4.69, 9.17) is 0 Å². The third kappa shape index (κ3) is 1.77. The zero-order valence-electron chi connectivity index (χ0n) is 5.65. The molecule has 0 atom stereocenters. The van der Waals surface area contributed by atoms with Gasteiger partial charge in [0, 0.05) is 6.42 Å². The monoisotopic (exact) mass is 118 g/mol. The molecule has 0 aromatic carbocycles. The van der Waals surface area contributed by atoms with Gasteiger partial charge in [0.15, 0.2) is 0 Å². The molecule has 0 saturated carbocycles. The highest BCUT2D eigenvalue weighted by Gasteiger charge is 1.92.